The maximum absolute atomic E-state index is 12.6. The number of esters is 3. The molecule has 0 aliphatic heterocycles. The summed E-state index contributed by atoms with van der Waals surface area (Å²) in [7, 11) is 0. The minimum absolute atomic E-state index is 0.00217. The third-order valence-corrected chi connectivity index (χ3v) is 8.45. The van der Waals surface area contributed by atoms with E-state index in [2.05, 4.69) is 26.1 Å². The van der Waals surface area contributed by atoms with Crippen molar-refractivity contribution in [3.63, 3.8) is 0 Å². The Labute approximate surface area is 239 Å². The van der Waals surface area contributed by atoms with Crippen molar-refractivity contribution in [2.24, 2.45) is 16.7 Å². The summed E-state index contributed by atoms with van der Waals surface area (Å²) in [6.07, 6.45) is 12.8. The van der Waals surface area contributed by atoms with E-state index in [1.54, 1.807) is 0 Å². The van der Waals surface area contributed by atoms with Crippen molar-refractivity contribution in [3.05, 3.63) is 0 Å². The molecule has 3 saturated carbocycles. The minimum atomic E-state index is -0.550. The van der Waals surface area contributed by atoms with Gasteiger partial charge in [-0.25, -0.2) is 4.79 Å². The molecule has 9 heteroatoms. The maximum Gasteiger partial charge on any atom is 0.407 e. The van der Waals surface area contributed by atoms with Crippen LogP contribution in [0.15, 0.2) is 0 Å². The third-order valence-electron chi connectivity index (χ3n) is 8.45. The molecule has 40 heavy (non-hydrogen) atoms. The van der Waals surface area contributed by atoms with Gasteiger partial charge in [0.15, 0.2) is 0 Å². The van der Waals surface area contributed by atoms with Crippen molar-refractivity contribution in [2.45, 2.75) is 136 Å². The lowest BCUT2D eigenvalue weighted by Crippen LogP contribution is -2.44. The molecule has 0 heterocycles. The number of carbonyl (C=O) groups excluding carboxylic acids is 4. The molecule has 0 bridgehead atoms. The van der Waals surface area contributed by atoms with E-state index in [0.29, 0.717) is 6.54 Å². The van der Waals surface area contributed by atoms with Gasteiger partial charge in [-0.2, -0.15) is 0 Å². The Balaban J connectivity index is 1.33. The first kappa shape index (κ1) is 32.2. The number of amides is 1. The molecule has 3 fully saturated rings. The molecule has 1 N–H and O–H groups in total. The van der Waals surface area contributed by atoms with Crippen molar-refractivity contribution in [1.29, 1.82) is 0 Å². The van der Waals surface area contributed by atoms with Gasteiger partial charge < -0.3 is 24.3 Å². The summed E-state index contributed by atoms with van der Waals surface area (Å²) in [4.78, 5) is 49.0. The van der Waals surface area contributed by atoms with Crippen LogP contribution in [0.2, 0.25) is 0 Å². The van der Waals surface area contributed by atoms with Crippen LogP contribution >= 0.6 is 0 Å². The smallest absolute Gasteiger partial charge is 0.407 e. The third kappa shape index (κ3) is 12.0. The van der Waals surface area contributed by atoms with E-state index in [4.69, 9.17) is 18.9 Å². The fourth-order valence-corrected chi connectivity index (χ4v) is 7.09. The molecular weight excluding hydrogens is 514 g/mol. The predicted octanol–water partition coefficient (Wildman–Crippen LogP) is 6.01. The second kappa shape index (κ2) is 15.6. The van der Waals surface area contributed by atoms with Crippen LogP contribution in [0.4, 0.5) is 4.79 Å². The molecule has 1 amide bonds. The number of hydrogen-bond donors (Lipinski definition) is 1. The average molecular weight is 566 g/mol. The highest BCUT2D eigenvalue weighted by Crippen LogP contribution is 2.49. The standard InChI is InChI=1S/C31H51NO8/c1-30(2)19-23(18-28(35)37-16-14-26(33)39-24-10-6-4-7-11-24)20-31(3,21-30)22-32-29(36)38-17-15-27(34)40-25-12-8-5-9-13-25/h23-25H,4-22H2,1-3H3,(H,32,36). The van der Waals surface area contributed by atoms with Gasteiger partial charge in [-0.05, 0) is 87.4 Å². The summed E-state index contributed by atoms with van der Waals surface area (Å²) in [6.45, 7) is 6.93. The van der Waals surface area contributed by atoms with Gasteiger partial charge in [0.25, 0.3) is 0 Å². The number of carbonyl (C=O) groups is 4. The molecule has 3 rings (SSSR count). The lowest BCUT2D eigenvalue weighted by atomic mass is 9.60. The van der Waals surface area contributed by atoms with Crippen molar-refractivity contribution < 1.29 is 38.1 Å². The zero-order valence-electron chi connectivity index (χ0n) is 24.9. The van der Waals surface area contributed by atoms with Crippen LogP contribution in [0.3, 0.4) is 0 Å². The molecule has 3 aliphatic rings. The first-order valence-corrected chi connectivity index (χ1v) is 15.5. The topological polar surface area (TPSA) is 117 Å². The van der Waals surface area contributed by atoms with Crippen LogP contribution < -0.4 is 5.32 Å². The molecule has 2 unspecified atom stereocenters. The fraction of sp³-hybridized carbons (Fsp3) is 0.871. The second-order valence-electron chi connectivity index (χ2n) is 13.3. The van der Waals surface area contributed by atoms with Gasteiger partial charge in [-0.1, -0.05) is 33.6 Å². The molecule has 3 aliphatic carbocycles. The average Bonchev–Trinajstić information content (AvgIpc) is 2.87. The minimum Gasteiger partial charge on any atom is -0.465 e. The summed E-state index contributed by atoms with van der Waals surface area (Å²) in [5.74, 6) is -0.813. The highest BCUT2D eigenvalue weighted by Gasteiger charge is 2.42. The van der Waals surface area contributed by atoms with Gasteiger partial charge in [0, 0.05) is 13.0 Å². The second-order valence-corrected chi connectivity index (χ2v) is 13.3. The molecule has 0 aromatic carbocycles. The van der Waals surface area contributed by atoms with Gasteiger partial charge >= 0.3 is 24.0 Å². The van der Waals surface area contributed by atoms with Gasteiger partial charge in [-0.3, -0.25) is 14.4 Å². The van der Waals surface area contributed by atoms with Crippen molar-refractivity contribution in [3.8, 4) is 0 Å². The van der Waals surface area contributed by atoms with E-state index in [1.807, 2.05) is 0 Å². The quantitative estimate of drug-likeness (QED) is 0.226. The van der Waals surface area contributed by atoms with Crippen LogP contribution in [-0.4, -0.2) is 56.0 Å². The largest absolute Gasteiger partial charge is 0.465 e. The molecule has 0 saturated heterocycles. The Morgan fingerprint density at radius 2 is 1.23 bits per heavy atom. The number of nitrogens with one attached hydrogen (secondary N) is 1. The van der Waals surface area contributed by atoms with Gasteiger partial charge in [0.2, 0.25) is 0 Å². The number of hydrogen-bond acceptors (Lipinski definition) is 8. The molecule has 0 aromatic heterocycles. The van der Waals surface area contributed by atoms with E-state index in [1.165, 1.54) is 12.8 Å². The highest BCUT2D eigenvalue weighted by molar-refractivity contribution is 5.72. The van der Waals surface area contributed by atoms with Crippen molar-refractivity contribution in [2.75, 3.05) is 19.8 Å². The van der Waals surface area contributed by atoms with E-state index in [9.17, 15) is 19.2 Å². The first-order valence-electron chi connectivity index (χ1n) is 15.5. The Hall–Kier alpha value is -2.32. The van der Waals surface area contributed by atoms with Crippen LogP contribution in [0.5, 0.6) is 0 Å². The fourth-order valence-electron chi connectivity index (χ4n) is 7.09. The molecule has 228 valence electrons. The molecule has 0 aromatic rings. The van der Waals surface area contributed by atoms with E-state index in [0.717, 1.165) is 70.6 Å². The van der Waals surface area contributed by atoms with E-state index < -0.39 is 6.09 Å². The molecule has 2 atom stereocenters. The summed E-state index contributed by atoms with van der Waals surface area (Å²) >= 11 is 0. The number of ether oxygens (including phenoxy) is 4. The highest BCUT2D eigenvalue weighted by atomic mass is 16.6. The lowest BCUT2D eigenvalue weighted by molar-refractivity contribution is -0.155. The van der Waals surface area contributed by atoms with Gasteiger partial charge in [0.1, 0.15) is 25.4 Å². The molecular formula is C31H51NO8. The Kier molecular flexibility index (Phi) is 12.6. The lowest BCUT2D eigenvalue weighted by Gasteiger charge is -2.46. The SMILES string of the molecule is CC1(C)CC(CC(=O)OCCC(=O)OC2CCCCC2)CC(C)(CNC(=O)OCCC(=O)OC2CCCCC2)C1. The van der Waals surface area contributed by atoms with E-state index in [-0.39, 0.29) is 79.3 Å². The van der Waals surface area contributed by atoms with Crippen molar-refractivity contribution >= 4 is 24.0 Å². The Morgan fingerprint density at radius 1 is 0.700 bits per heavy atom. The molecule has 0 radical (unpaired) electrons. The molecule has 9 nitrogen and oxygen atoms in total. The normalized spacial score (nSPS) is 25.4. The first-order chi connectivity index (χ1) is 19.0. The van der Waals surface area contributed by atoms with Crippen LogP contribution in [0.1, 0.15) is 124 Å². The van der Waals surface area contributed by atoms with Gasteiger partial charge in [0.05, 0.1) is 12.8 Å². The number of rotatable bonds is 12. The summed E-state index contributed by atoms with van der Waals surface area (Å²) < 4.78 is 21.6. The Morgan fingerprint density at radius 3 is 1.77 bits per heavy atom. The maximum atomic E-state index is 12.6. The van der Waals surface area contributed by atoms with E-state index >= 15 is 0 Å². The van der Waals surface area contributed by atoms with Crippen LogP contribution in [0.25, 0.3) is 0 Å². The predicted molar refractivity (Wildman–Crippen MR) is 149 cm³/mol. The monoisotopic (exact) mass is 565 g/mol. The summed E-state index contributed by atoms with van der Waals surface area (Å²) in [5, 5.41) is 2.86. The summed E-state index contributed by atoms with van der Waals surface area (Å²) in [5.41, 5.74) is -0.217. The van der Waals surface area contributed by atoms with Crippen LogP contribution in [0, 0.1) is 16.7 Å². The van der Waals surface area contributed by atoms with Gasteiger partial charge in [-0.15, -0.1) is 0 Å². The zero-order valence-corrected chi connectivity index (χ0v) is 24.9. The Bertz CT molecular complexity index is 846. The van der Waals surface area contributed by atoms with Crippen molar-refractivity contribution in [1.82, 2.24) is 5.32 Å². The summed E-state index contributed by atoms with van der Waals surface area (Å²) in [6, 6.07) is 0. The van der Waals surface area contributed by atoms with Crippen LogP contribution in [-0.2, 0) is 33.3 Å². The molecule has 0 spiro atoms. The zero-order chi connectivity index (χ0) is 29.0. The number of alkyl carbamates (subject to hydrolysis) is 1.